The second kappa shape index (κ2) is 6.21. The predicted octanol–water partition coefficient (Wildman–Crippen LogP) is 2.20. The molecule has 1 saturated heterocycles. The normalized spacial score (nSPS) is 19.0. The summed E-state index contributed by atoms with van der Waals surface area (Å²) in [6, 6.07) is 6.30. The first-order valence-electron chi connectivity index (χ1n) is 6.99. The number of halogens is 2. The third-order valence-electron chi connectivity index (χ3n) is 3.58. The summed E-state index contributed by atoms with van der Waals surface area (Å²) in [5.74, 6) is -1.62. The van der Waals surface area contributed by atoms with Crippen LogP contribution in [0.4, 0.5) is 8.78 Å². The Kier molecular flexibility index (Phi) is 4.27. The van der Waals surface area contributed by atoms with Crippen LogP contribution in [0, 0.1) is 11.6 Å². The molecule has 5 nitrogen and oxygen atoms in total. The number of ether oxygens (including phenoxy) is 1. The molecule has 122 valence electrons. The number of hydrogen-bond donors (Lipinski definition) is 0. The molecule has 23 heavy (non-hydrogen) atoms. The molecule has 2 heterocycles. The zero-order valence-electron chi connectivity index (χ0n) is 12.0. The van der Waals surface area contributed by atoms with Crippen LogP contribution in [0.1, 0.15) is 6.42 Å². The standard InChI is InChI=1S/C15H14F2N2O3S/c16-13-2-1-3-14(17)15(13)23(20,21)19-9-6-12(10-19)22-11-4-7-18-8-5-11/h1-5,7-8,12H,6,9-10H2/t12-/m0/s1. The van der Waals surface area contributed by atoms with Crippen LogP contribution in [0.5, 0.6) is 5.75 Å². The quantitative estimate of drug-likeness (QED) is 0.856. The fourth-order valence-electron chi connectivity index (χ4n) is 2.48. The summed E-state index contributed by atoms with van der Waals surface area (Å²) in [7, 11) is -4.23. The molecule has 1 aromatic heterocycles. The zero-order valence-corrected chi connectivity index (χ0v) is 12.8. The molecular weight excluding hydrogens is 326 g/mol. The molecule has 1 aliphatic rings. The summed E-state index contributed by atoms with van der Waals surface area (Å²) in [6.07, 6.45) is 3.19. The molecule has 3 rings (SSSR count). The van der Waals surface area contributed by atoms with E-state index >= 15 is 0 Å². The lowest BCUT2D eigenvalue weighted by Gasteiger charge is -2.18. The third-order valence-corrected chi connectivity index (χ3v) is 5.49. The van der Waals surface area contributed by atoms with Crippen LogP contribution in [0.15, 0.2) is 47.6 Å². The van der Waals surface area contributed by atoms with Crippen LogP contribution >= 0.6 is 0 Å². The van der Waals surface area contributed by atoms with E-state index in [0.717, 1.165) is 22.5 Å². The number of aromatic nitrogens is 1. The number of pyridine rings is 1. The van der Waals surface area contributed by atoms with Crippen molar-refractivity contribution in [2.24, 2.45) is 0 Å². The van der Waals surface area contributed by atoms with Gasteiger partial charge in [0.1, 0.15) is 23.5 Å². The summed E-state index contributed by atoms with van der Waals surface area (Å²) >= 11 is 0. The van der Waals surface area contributed by atoms with E-state index in [1.165, 1.54) is 0 Å². The van der Waals surface area contributed by atoms with E-state index in [9.17, 15) is 17.2 Å². The molecule has 0 saturated carbocycles. The lowest BCUT2D eigenvalue weighted by atomic mass is 10.3. The van der Waals surface area contributed by atoms with E-state index in [-0.39, 0.29) is 19.2 Å². The number of nitrogens with zero attached hydrogens (tertiary/aromatic N) is 2. The lowest BCUT2D eigenvalue weighted by molar-refractivity contribution is 0.215. The van der Waals surface area contributed by atoms with E-state index in [2.05, 4.69) is 4.98 Å². The van der Waals surface area contributed by atoms with Gasteiger partial charge in [-0.3, -0.25) is 4.98 Å². The van der Waals surface area contributed by atoms with E-state index in [4.69, 9.17) is 4.74 Å². The van der Waals surface area contributed by atoms with Gasteiger partial charge in [-0.2, -0.15) is 4.31 Å². The number of benzene rings is 1. The van der Waals surface area contributed by atoms with Crippen LogP contribution in [-0.4, -0.2) is 36.9 Å². The van der Waals surface area contributed by atoms with Crippen LogP contribution < -0.4 is 4.74 Å². The molecule has 0 unspecified atom stereocenters. The Bertz CT molecular complexity index is 779. The molecule has 1 aromatic carbocycles. The highest BCUT2D eigenvalue weighted by Crippen LogP contribution is 2.27. The highest BCUT2D eigenvalue weighted by atomic mass is 32.2. The molecule has 1 aliphatic heterocycles. The topological polar surface area (TPSA) is 59.5 Å². The summed E-state index contributed by atoms with van der Waals surface area (Å²) in [5, 5.41) is 0. The van der Waals surface area contributed by atoms with Gasteiger partial charge in [0, 0.05) is 18.9 Å². The van der Waals surface area contributed by atoms with Crippen molar-refractivity contribution in [1.82, 2.24) is 9.29 Å². The number of hydrogen-bond acceptors (Lipinski definition) is 4. The molecule has 0 bridgehead atoms. The molecule has 1 atom stereocenters. The van der Waals surface area contributed by atoms with Gasteiger partial charge in [-0.15, -0.1) is 0 Å². The minimum Gasteiger partial charge on any atom is -0.489 e. The molecule has 0 N–H and O–H groups in total. The first-order valence-corrected chi connectivity index (χ1v) is 8.43. The predicted molar refractivity (Wildman–Crippen MR) is 78.4 cm³/mol. The first-order chi connectivity index (χ1) is 11.0. The Morgan fingerprint density at radius 3 is 2.43 bits per heavy atom. The molecule has 0 radical (unpaired) electrons. The van der Waals surface area contributed by atoms with E-state index in [0.29, 0.717) is 12.2 Å². The second-order valence-corrected chi connectivity index (χ2v) is 7.00. The van der Waals surface area contributed by atoms with Crippen molar-refractivity contribution in [2.45, 2.75) is 17.4 Å². The molecular formula is C15H14F2N2O3S. The van der Waals surface area contributed by atoms with E-state index < -0.39 is 26.6 Å². The van der Waals surface area contributed by atoms with Crippen LogP contribution in [0.3, 0.4) is 0 Å². The van der Waals surface area contributed by atoms with Gasteiger partial charge in [0.2, 0.25) is 10.0 Å². The average molecular weight is 340 g/mol. The molecule has 2 aromatic rings. The van der Waals surface area contributed by atoms with Gasteiger partial charge in [0.25, 0.3) is 0 Å². The minimum absolute atomic E-state index is 0.0401. The SMILES string of the molecule is O=S(=O)(c1c(F)cccc1F)N1CC[C@H](Oc2ccncc2)C1. The van der Waals surface area contributed by atoms with Gasteiger partial charge in [0.15, 0.2) is 4.90 Å². The minimum atomic E-state index is -4.23. The number of sulfonamides is 1. The fraction of sp³-hybridized carbons (Fsp3) is 0.267. The second-order valence-electron chi connectivity index (χ2n) is 5.13. The highest BCUT2D eigenvalue weighted by Gasteiger charge is 2.36. The average Bonchev–Trinajstić information content (AvgIpc) is 2.97. The Morgan fingerprint density at radius 2 is 1.78 bits per heavy atom. The van der Waals surface area contributed by atoms with Gasteiger partial charge in [-0.25, -0.2) is 17.2 Å². The van der Waals surface area contributed by atoms with Crippen LogP contribution in [0.25, 0.3) is 0 Å². The summed E-state index contributed by atoms with van der Waals surface area (Å²) in [5.41, 5.74) is 0. The molecule has 0 amide bonds. The van der Waals surface area contributed by atoms with E-state index in [1.807, 2.05) is 0 Å². The Labute approximate surface area is 132 Å². The van der Waals surface area contributed by atoms with Crippen molar-refractivity contribution in [3.05, 3.63) is 54.4 Å². The van der Waals surface area contributed by atoms with Crippen molar-refractivity contribution >= 4 is 10.0 Å². The van der Waals surface area contributed by atoms with Crippen molar-refractivity contribution in [2.75, 3.05) is 13.1 Å². The van der Waals surface area contributed by atoms with Gasteiger partial charge in [0.05, 0.1) is 6.54 Å². The Morgan fingerprint density at radius 1 is 1.13 bits per heavy atom. The fourth-order valence-corrected chi connectivity index (χ4v) is 4.07. The lowest BCUT2D eigenvalue weighted by Crippen LogP contribution is -2.32. The molecule has 1 fully saturated rings. The Balaban J connectivity index is 1.78. The Hall–Kier alpha value is -2.06. The van der Waals surface area contributed by atoms with Crippen molar-refractivity contribution in [1.29, 1.82) is 0 Å². The van der Waals surface area contributed by atoms with E-state index in [1.54, 1.807) is 24.5 Å². The molecule has 0 aliphatic carbocycles. The van der Waals surface area contributed by atoms with Gasteiger partial charge < -0.3 is 4.74 Å². The maximum absolute atomic E-state index is 13.8. The monoisotopic (exact) mass is 340 g/mol. The maximum atomic E-state index is 13.8. The van der Waals surface area contributed by atoms with Gasteiger partial charge in [-0.1, -0.05) is 6.07 Å². The van der Waals surface area contributed by atoms with Gasteiger partial charge >= 0.3 is 0 Å². The van der Waals surface area contributed by atoms with Crippen molar-refractivity contribution in [3.8, 4) is 5.75 Å². The maximum Gasteiger partial charge on any atom is 0.249 e. The highest BCUT2D eigenvalue weighted by molar-refractivity contribution is 7.89. The summed E-state index contributed by atoms with van der Waals surface area (Å²) in [6.45, 7) is 0.185. The van der Waals surface area contributed by atoms with Crippen molar-refractivity contribution < 1.29 is 21.9 Å². The van der Waals surface area contributed by atoms with Gasteiger partial charge in [-0.05, 0) is 30.7 Å². The number of rotatable bonds is 4. The molecule has 8 heteroatoms. The van der Waals surface area contributed by atoms with Crippen molar-refractivity contribution in [3.63, 3.8) is 0 Å². The zero-order chi connectivity index (χ0) is 16.4. The van der Waals surface area contributed by atoms with Crippen LogP contribution in [0.2, 0.25) is 0 Å². The smallest absolute Gasteiger partial charge is 0.249 e. The first kappa shape index (κ1) is 15.8. The summed E-state index contributed by atoms with van der Waals surface area (Å²) in [4.78, 5) is 2.95. The third kappa shape index (κ3) is 3.18. The largest absolute Gasteiger partial charge is 0.489 e. The van der Waals surface area contributed by atoms with Crippen LogP contribution in [-0.2, 0) is 10.0 Å². The summed E-state index contributed by atoms with van der Waals surface area (Å²) < 4.78 is 59.1. The molecule has 0 spiro atoms.